The average molecular weight is 481 g/mol. The van der Waals surface area contributed by atoms with Crippen molar-refractivity contribution in [3.63, 3.8) is 0 Å². The summed E-state index contributed by atoms with van der Waals surface area (Å²) in [5, 5.41) is 11.5. The first-order valence-corrected chi connectivity index (χ1v) is 13.1. The molecule has 2 fully saturated rings. The van der Waals surface area contributed by atoms with Crippen LogP contribution in [0.15, 0.2) is 79.3 Å². The summed E-state index contributed by atoms with van der Waals surface area (Å²) in [6.45, 7) is 0.0405. The second kappa shape index (κ2) is 9.90. The maximum Gasteiger partial charge on any atom is 0.200 e. The van der Waals surface area contributed by atoms with Crippen molar-refractivity contribution in [2.24, 2.45) is 5.92 Å². The summed E-state index contributed by atoms with van der Waals surface area (Å²) in [4.78, 5) is 16.6. The van der Waals surface area contributed by atoms with Crippen LogP contribution in [0.1, 0.15) is 83.6 Å². The number of carbonyl (C=O) groups is 1. The molecule has 0 amide bonds. The molecule has 4 aromatic rings. The van der Waals surface area contributed by atoms with Crippen LogP contribution < -0.4 is 4.74 Å². The number of fused-ring (bicyclic) bond motifs is 1. The Balaban J connectivity index is 1.07. The molecule has 5 heteroatoms. The van der Waals surface area contributed by atoms with Crippen LogP contribution in [0.2, 0.25) is 0 Å². The van der Waals surface area contributed by atoms with Crippen LogP contribution in [-0.2, 0) is 0 Å². The highest BCUT2D eigenvalue weighted by Crippen LogP contribution is 2.47. The standard InChI is InChI=1S/C31H32N2O3/c34-29(24-4-2-1-3-5-24)19-36-27-15-12-22(13-16-27)21-6-10-25(11-7-21)31(35)30-28(23-8-9-23)17-14-26-18-32-20-33(26)30/h1-5,12-18,20-21,23,25,31,35H,6-11,19H2/t21-,25-,31-/m0/s1. The first-order chi connectivity index (χ1) is 17.7. The van der Waals surface area contributed by atoms with Crippen molar-refractivity contribution < 1.29 is 14.6 Å². The highest BCUT2D eigenvalue weighted by molar-refractivity contribution is 5.97. The fourth-order valence-electron chi connectivity index (χ4n) is 5.77. The second-order valence-corrected chi connectivity index (χ2v) is 10.3. The molecular formula is C31H32N2O3. The van der Waals surface area contributed by atoms with E-state index in [0.29, 0.717) is 23.1 Å². The zero-order valence-electron chi connectivity index (χ0n) is 20.4. The number of aliphatic hydroxyl groups excluding tert-OH is 1. The first-order valence-electron chi connectivity index (χ1n) is 13.1. The van der Waals surface area contributed by atoms with Gasteiger partial charge in [-0.3, -0.25) is 4.79 Å². The van der Waals surface area contributed by atoms with Crippen LogP contribution in [0.5, 0.6) is 5.75 Å². The third kappa shape index (κ3) is 4.68. The molecular weight excluding hydrogens is 448 g/mol. The van der Waals surface area contributed by atoms with E-state index in [0.717, 1.165) is 36.9 Å². The smallest absolute Gasteiger partial charge is 0.200 e. The van der Waals surface area contributed by atoms with Crippen LogP contribution in [-0.4, -0.2) is 26.9 Å². The lowest BCUT2D eigenvalue weighted by atomic mass is 9.75. The highest BCUT2D eigenvalue weighted by atomic mass is 16.5. The number of ketones is 1. The predicted molar refractivity (Wildman–Crippen MR) is 140 cm³/mol. The molecule has 2 aliphatic carbocycles. The van der Waals surface area contributed by atoms with E-state index in [4.69, 9.17) is 4.74 Å². The molecule has 0 bridgehead atoms. The summed E-state index contributed by atoms with van der Waals surface area (Å²) in [6, 6.07) is 21.8. The number of hydrogen-bond donors (Lipinski definition) is 1. The maximum absolute atomic E-state index is 12.3. The lowest BCUT2D eigenvalue weighted by Crippen LogP contribution is -2.22. The normalized spacial score (nSPS) is 20.8. The topological polar surface area (TPSA) is 63.8 Å². The van der Waals surface area contributed by atoms with Gasteiger partial charge >= 0.3 is 0 Å². The quantitative estimate of drug-likeness (QED) is 0.293. The fraction of sp³-hybridized carbons (Fsp3) is 0.355. The van der Waals surface area contributed by atoms with Crippen LogP contribution in [0.4, 0.5) is 0 Å². The Hall–Kier alpha value is -3.44. The molecule has 1 atom stereocenters. The van der Waals surface area contributed by atoms with E-state index in [1.807, 2.05) is 55.0 Å². The van der Waals surface area contributed by atoms with E-state index in [1.54, 1.807) is 0 Å². The number of ether oxygens (including phenoxy) is 1. The van der Waals surface area contributed by atoms with Crippen molar-refractivity contribution in [1.82, 2.24) is 9.38 Å². The molecule has 0 radical (unpaired) electrons. The van der Waals surface area contributed by atoms with E-state index in [1.165, 1.54) is 24.0 Å². The summed E-state index contributed by atoms with van der Waals surface area (Å²) in [5.74, 6) is 2.03. The molecule has 0 unspecified atom stereocenters. The number of imidazole rings is 1. The lowest BCUT2D eigenvalue weighted by Gasteiger charge is -2.33. The zero-order valence-corrected chi connectivity index (χ0v) is 20.4. The molecule has 0 aliphatic heterocycles. The summed E-state index contributed by atoms with van der Waals surface area (Å²) in [6.07, 6.45) is 9.82. The second-order valence-electron chi connectivity index (χ2n) is 10.3. The van der Waals surface area contributed by atoms with E-state index in [-0.39, 0.29) is 18.3 Å². The molecule has 184 valence electrons. The summed E-state index contributed by atoms with van der Waals surface area (Å²) in [7, 11) is 0. The Morgan fingerprint density at radius 3 is 2.36 bits per heavy atom. The van der Waals surface area contributed by atoms with Crippen molar-refractivity contribution in [3.8, 4) is 5.75 Å². The van der Waals surface area contributed by atoms with Gasteiger partial charge in [-0.15, -0.1) is 0 Å². The summed E-state index contributed by atoms with van der Waals surface area (Å²) < 4.78 is 7.84. The Labute approximate surface area is 211 Å². The number of pyridine rings is 1. The van der Waals surface area contributed by atoms with Crippen molar-refractivity contribution in [1.29, 1.82) is 0 Å². The van der Waals surface area contributed by atoms with Gasteiger partial charge in [0.25, 0.3) is 0 Å². The van der Waals surface area contributed by atoms with Gasteiger partial charge in [-0.25, -0.2) is 4.98 Å². The molecule has 6 rings (SSSR count). The Kier molecular flexibility index (Phi) is 6.32. The summed E-state index contributed by atoms with van der Waals surface area (Å²) in [5.41, 5.74) is 5.38. The Morgan fingerprint density at radius 1 is 0.917 bits per heavy atom. The van der Waals surface area contributed by atoms with E-state index in [2.05, 4.69) is 33.7 Å². The molecule has 2 aliphatic rings. The molecule has 0 spiro atoms. The number of Topliss-reactive ketones (excluding diaryl/α,β-unsaturated/α-hetero) is 1. The van der Waals surface area contributed by atoms with Crippen molar-refractivity contribution >= 4 is 11.3 Å². The lowest BCUT2D eigenvalue weighted by molar-refractivity contribution is 0.0754. The first kappa shape index (κ1) is 23.0. The Bertz CT molecular complexity index is 1330. The third-order valence-electron chi connectivity index (χ3n) is 7.99. The number of hydrogen-bond acceptors (Lipinski definition) is 4. The number of carbonyl (C=O) groups excluding carboxylic acids is 1. The van der Waals surface area contributed by atoms with Crippen molar-refractivity contribution in [2.45, 2.75) is 56.5 Å². The van der Waals surface area contributed by atoms with Crippen LogP contribution in [0.25, 0.3) is 5.52 Å². The van der Waals surface area contributed by atoms with Gasteiger partial charge in [-0.1, -0.05) is 48.5 Å². The van der Waals surface area contributed by atoms with Gasteiger partial charge in [0, 0.05) is 5.56 Å². The molecule has 2 heterocycles. The van der Waals surface area contributed by atoms with Gasteiger partial charge in [0.1, 0.15) is 5.75 Å². The van der Waals surface area contributed by atoms with Gasteiger partial charge in [0.05, 0.1) is 29.8 Å². The average Bonchev–Trinajstić information content (AvgIpc) is 3.68. The minimum atomic E-state index is -0.461. The van der Waals surface area contributed by atoms with E-state index in [9.17, 15) is 9.90 Å². The van der Waals surface area contributed by atoms with Crippen LogP contribution in [0.3, 0.4) is 0 Å². The molecule has 2 aromatic heterocycles. The minimum absolute atomic E-state index is 0.0206. The van der Waals surface area contributed by atoms with Crippen molar-refractivity contribution in [3.05, 3.63) is 102 Å². The Morgan fingerprint density at radius 2 is 1.64 bits per heavy atom. The molecule has 0 saturated heterocycles. The van der Waals surface area contributed by atoms with Gasteiger partial charge in [0.15, 0.2) is 12.4 Å². The third-order valence-corrected chi connectivity index (χ3v) is 7.99. The van der Waals surface area contributed by atoms with E-state index >= 15 is 0 Å². The number of rotatable bonds is 8. The largest absolute Gasteiger partial charge is 0.485 e. The highest BCUT2D eigenvalue weighted by Gasteiger charge is 2.34. The molecule has 2 aromatic carbocycles. The SMILES string of the molecule is O=C(COc1ccc([C@H]2CC[C@H]([C@H](O)c3c(C4CC4)ccc4cncn34)CC2)cc1)c1ccccc1. The maximum atomic E-state index is 12.3. The van der Waals surface area contributed by atoms with Gasteiger partial charge in [-0.05, 0) is 85.6 Å². The van der Waals surface area contributed by atoms with Crippen LogP contribution in [0, 0.1) is 5.92 Å². The number of aromatic nitrogens is 2. The zero-order chi connectivity index (χ0) is 24.5. The van der Waals surface area contributed by atoms with Gasteiger partial charge in [0.2, 0.25) is 0 Å². The molecule has 36 heavy (non-hydrogen) atoms. The molecule has 2 saturated carbocycles. The van der Waals surface area contributed by atoms with Gasteiger partial charge in [-0.2, -0.15) is 0 Å². The predicted octanol–water partition coefficient (Wildman–Crippen LogP) is 6.48. The van der Waals surface area contributed by atoms with Crippen LogP contribution >= 0.6 is 0 Å². The molecule has 1 N–H and O–H groups in total. The summed E-state index contributed by atoms with van der Waals surface area (Å²) >= 11 is 0. The monoisotopic (exact) mass is 480 g/mol. The number of aliphatic hydroxyl groups is 1. The minimum Gasteiger partial charge on any atom is -0.485 e. The molecule has 5 nitrogen and oxygen atoms in total. The number of benzene rings is 2. The van der Waals surface area contributed by atoms with E-state index < -0.39 is 6.10 Å². The van der Waals surface area contributed by atoms with Gasteiger partial charge < -0.3 is 14.2 Å². The fourth-order valence-corrected chi connectivity index (χ4v) is 5.77. The number of nitrogens with zero attached hydrogens (tertiary/aromatic N) is 2. The van der Waals surface area contributed by atoms with Crippen molar-refractivity contribution in [2.75, 3.05) is 6.61 Å².